The van der Waals surface area contributed by atoms with Crippen molar-refractivity contribution in [2.45, 2.75) is 13.0 Å². The highest BCUT2D eigenvalue weighted by Gasteiger charge is 2.00. The Morgan fingerprint density at radius 2 is 2.47 bits per heavy atom. The van der Waals surface area contributed by atoms with E-state index in [1.807, 2.05) is 0 Å². The number of halogens is 1. The van der Waals surface area contributed by atoms with Crippen LogP contribution >= 0.6 is 27.3 Å². The van der Waals surface area contributed by atoms with Crippen molar-refractivity contribution in [1.29, 1.82) is 0 Å². The quantitative estimate of drug-likeness (QED) is 0.827. The number of hydrogen-bond acceptors (Lipinski definition) is 4. The summed E-state index contributed by atoms with van der Waals surface area (Å²) in [5, 5.41) is 12.1. The monoisotopic (exact) mass is 286 g/mol. The highest BCUT2D eigenvalue weighted by atomic mass is 79.9. The van der Waals surface area contributed by atoms with E-state index in [1.54, 1.807) is 11.3 Å². The molecule has 0 saturated heterocycles. The summed E-state index contributed by atoms with van der Waals surface area (Å²) < 4.78 is 1.18. The maximum absolute atomic E-state index is 4.06. The Morgan fingerprint density at radius 3 is 3.13 bits per heavy atom. The lowest BCUT2D eigenvalue weighted by Gasteiger charge is -2.01. The number of aromatic nitrogens is 3. The third kappa shape index (κ3) is 3.12. The average molecular weight is 287 g/mol. The molecule has 0 unspecified atom stereocenters. The van der Waals surface area contributed by atoms with Crippen molar-refractivity contribution in [3.63, 3.8) is 0 Å². The highest BCUT2D eigenvalue weighted by Crippen LogP contribution is 2.21. The number of thiophene rings is 1. The maximum atomic E-state index is 4.06. The summed E-state index contributed by atoms with van der Waals surface area (Å²) >= 11 is 5.25. The van der Waals surface area contributed by atoms with Gasteiger partial charge in [0.2, 0.25) is 0 Å². The summed E-state index contributed by atoms with van der Waals surface area (Å²) in [4.78, 5) is 5.38. The molecule has 0 aliphatic carbocycles. The van der Waals surface area contributed by atoms with E-state index in [0.717, 1.165) is 25.3 Å². The summed E-state index contributed by atoms with van der Waals surface area (Å²) in [5.74, 6) is 0.924. The third-order valence-electron chi connectivity index (χ3n) is 1.98. The minimum absolute atomic E-state index is 0.878. The van der Waals surface area contributed by atoms with Gasteiger partial charge in [-0.1, -0.05) is 0 Å². The summed E-state index contributed by atoms with van der Waals surface area (Å²) in [5.41, 5.74) is 0. The van der Waals surface area contributed by atoms with Crippen molar-refractivity contribution in [2.24, 2.45) is 0 Å². The van der Waals surface area contributed by atoms with Crippen LogP contribution < -0.4 is 5.32 Å². The minimum atomic E-state index is 0.878. The molecule has 0 radical (unpaired) electrons. The Balaban J connectivity index is 1.70. The van der Waals surface area contributed by atoms with Crippen molar-refractivity contribution in [1.82, 2.24) is 20.5 Å². The number of hydrogen-bond donors (Lipinski definition) is 2. The van der Waals surface area contributed by atoms with E-state index in [4.69, 9.17) is 0 Å². The Kier molecular flexibility index (Phi) is 3.87. The van der Waals surface area contributed by atoms with Crippen LogP contribution in [0.3, 0.4) is 0 Å². The largest absolute Gasteiger partial charge is 0.311 e. The van der Waals surface area contributed by atoms with Gasteiger partial charge < -0.3 is 5.32 Å². The molecule has 6 heteroatoms. The van der Waals surface area contributed by atoms with Crippen LogP contribution in [0.2, 0.25) is 0 Å². The molecule has 80 valence electrons. The first-order chi connectivity index (χ1) is 7.36. The van der Waals surface area contributed by atoms with Gasteiger partial charge in [-0.25, -0.2) is 4.98 Å². The van der Waals surface area contributed by atoms with Gasteiger partial charge in [-0.05, 0) is 27.4 Å². The van der Waals surface area contributed by atoms with Gasteiger partial charge in [0.15, 0.2) is 0 Å². The van der Waals surface area contributed by atoms with E-state index in [1.165, 1.54) is 15.7 Å². The molecule has 0 spiro atoms. The summed E-state index contributed by atoms with van der Waals surface area (Å²) in [6.07, 6.45) is 2.41. The van der Waals surface area contributed by atoms with Crippen molar-refractivity contribution >= 4 is 27.3 Å². The van der Waals surface area contributed by atoms with Gasteiger partial charge in [0.05, 0.1) is 0 Å². The minimum Gasteiger partial charge on any atom is -0.311 e. The van der Waals surface area contributed by atoms with Gasteiger partial charge in [0, 0.05) is 28.9 Å². The first kappa shape index (κ1) is 10.8. The topological polar surface area (TPSA) is 53.6 Å². The van der Waals surface area contributed by atoms with Crippen molar-refractivity contribution in [2.75, 3.05) is 6.54 Å². The molecule has 0 atom stereocenters. The van der Waals surface area contributed by atoms with Crippen LogP contribution in [0.5, 0.6) is 0 Å². The van der Waals surface area contributed by atoms with Crippen LogP contribution in [0.15, 0.2) is 22.2 Å². The van der Waals surface area contributed by atoms with E-state index >= 15 is 0 Å². The number of H-pyrrole nitrogens is 1. The predicted octanol–water partition coefficient (Wildman–Crippen LogP) is 1.96. The lowest BCUT2D eigenvalue weighted by molar-refractivity contribution is 0.676. The number of aromatic amines is 1. The second-order valence-electron chi connectivity index (χ2n) is 3.05. The average Bonchev–Trinajstić information content (AvgIpc) is 2.85. The zero-order valence-corrected chi connectivity index (χ0v) is 10.4. The number of nitrogens with one attached hydrogen (secondary N) is 2. The Morgan fingerprint density at radius 1 is 1.53 bits per heavy atom. The SMILES string of the molecule is Brc1ccsc1CNCCc1ncn[nH]1. The van der Waals surface area contributed by atoms with Crippen molar-refractivity contribution in [3.8, 4) is 0 Å². The molecule has 0 aliphatic rings. The molecule has 0 bridgehead atoms. The first-order valence-corrected chi connectivity index (χ1v) is 6.30. The fourth-order valence-electron chi connectivity index (χ4n) is 1.21. The fraction of sp³-hybridized carbons (Fsp3) is 0.333. The van der Waals surface area contributed by atoms with E-state index in [0.29, 0.717) is 0 Å². The second kappa shape index (κ2) is 5.39. The molecule has 2 rings (SSSR count). The predicted molar refractivity (Wildman–Crippen MR) is 63.8 cm³/mol. The van der Waals surface area contributed by atoms with Crippen LogP contribution in [-0.4, -0.2) is 21.7 Å². The van der Waals surface area contributed by atoms with Crippen molar-refractivity contribution in [3.05, 3.63) is 32.9 Å². The zero-order valence-electron chi connectivity index (χ0n) is 8.03. The summed E-state index contributed by atoms with van der Waals surface area (Å²) in [7, 11) is 0. The molecular formula is C9H11BrN4S. The van der Waals surface area contributed by atoms with Gasteiger partial charge in [0.1, 0.15) is 12.2 Å². The first-order valence-electron chi connectivity index (χ1n) is 4.63. The van der Waals surface area contributed by atoms with Crippen LogP contribution in [0.1, 0.15) is 10.7 Å². The Bertz CT molecular complexity index is 398. The number of nitrogens with zero attached hydrogens (tertiary/aromatic N) is 2. The molecule has 0 aliphatic heterocycles. The number of rotatable bonds is 5. The standard InChI is InChI=1S/C9H11BrN4S/c10-7-2-4-15-8(7)5-11-3-1-9-12-6-13-14-9/h2,4,6,11H,1,3,5H2,(H,12,13,14). The van der Waals surface area contributed by atoms with Crippen LogP contribution in [0.4, 0.5) is 0 Å². The molecule has 2 N–H and O–H groups in total. The maximum Gasteiger partial charge on any atom is 0.137 e. The molecule has 2 aromatic rings. The van der Waals surface area contributed by atoms with E-state index in [2.05, 4.69) is 47.9 Å². The fourth-order valence-corrected chi connectivity index (χ4v) is 2.67. The van der Waals surface area contributed by atoms with Gasteiger partial charge in [-0.2, -0.15) is 5.10 Å². The summed E-state index contributed by atoms with van der Waals surface area (Å²) in [6, 6.07) is 2.07. The molecule has 0 saturated carbocycles. The molecule has 0 amide bonds. The highest BCUT2D eigenvalue weighted by molar-refractivity contribution is 9.10. The smallest absolute Gasteiger partial charge is 0.137 e. The van der Waals surface area contributed by atoms with Gasteiger partial charge in [0.25, 0.3) is 0 Å². The van der Waals surface area contributed by atoms with E-state index < -0.39 is 0 Å². The van der Waals surface area contributed by atoms with Crippen molar-refractivity contribution < 1.29 is 0 Å². The normalized spacial score (nSPS) is 10.7. The summed E-state index contributed by atoms with van der Waals surface area (Å²) in [6.45, 7) is 1.80. The third-order valence-corrected chi connectivity index (χ3v) is 3.91. The van der Waals surface area contributed by atoms with Gasteiger partial charge in [-0.3, -0.25) is 5.10 Å². The molecule has 0 fully saturated rings. The Labute approximate surface area is 100 Å². The molecule has 2 heterocycles. The second-order valence-corrected chi connectivity index (χ2v) is 4.91. The Hall–Kier alpha value is -0.720. The van der Waals surface area contributed by atoms with Crippen LogP contribution in [0, 0.1) is 0 Å². The molecule has 15 heavy (non-hydrogen) atoms. The molecule has 2 aromatic heterocycles. The van der Waals surface area contributed by atoms with E-state index in [-0.39, 0.29) is 0 Å². The van der Waals surface area contributed by atoms with E-state index in [9.17, 15) is 0 Å². The van der Waals surface area contributed by atoms with Gasteiger partial charge in [-0.15, -0.1) is 11.3 Å². The molecule has 4 nitrogen and oxygen atoms in total. The van der Waals surface area contributed by atoms with Crippen LogP contribution in [-0.2, 0) is 13.0 Å². The zero-order chi connectivity index (χ0) is 10.5. The lowest BCUT2D eigenvalue weighted by Crippen LogP contribution is -2.16. The van der Waals surface area contributed by atoms with Crippen LogP contribution in [0.25, 0.3) is 0 Å². The molecular weight excluding hydrogens is 276 g/mol. The van der Waals surface area contributed by atoms with Gasteiger partial charge >= 0.3 is 0 Å². The lowest BCUT2D eigenvalue weighted by atomic mass is 10.4. The molecule has 0 aromatic carbocycles.